The zero-order chi connectivity index (χ0) is 13.2. The van der Waals surface area contributed by atoms with Crippen LogP contribution < -0.4 is 5.32 Å². The number of carboxylic acid groups (broad SMARTS) is 1. The second-order valence-corrected chi connectivity index (χ2v) is 3.94. The molecule has 0 aliphatic carbocycles. The van der Waals surface area contributed by atoms with Crippen molar-refractivity contribution in [1.29, 1.82) is 0 Å². The molecule has 1 aromatic carbocycles. The number of benzene rings is 1. The highest BCUT2D eigenvalue weighted by Crippen LogP contribution is 2.20. The van der Waals surface area contributed by atoms with Crippen LogP contribution in [0.15, 0.2) is 45.4 Å². The van der Waals surface area contributed by atoms with Crippen LogP contribution in [0.25, 0.3) is 11.1 Å². The Morgan fingerprint density at radius 1 is 1.37 bits per heavy atom. The van der Waals surface area contributed by atoms with Gasteiger partial charge in [0.25, 0.3) is 6.01 Å². The van der Waals surface area contributed by atoms with Crippen molar-refractivity contribution in [1.82, 2.24) is 4.98 Å². The number of anilines is 1. The summed E-state index contributed by atoms with van der Waals surface area (Å²) in [5.41, 5.74) is 1.20. The van der Waals surface area contributed by atoms with E-state index in [1.807, 2.05) is 6.07 Å². The Balaban J connectivity index is 1.83. The molecule has 0 atom stereocenters. The number of hydrogen-bond donors (Lipinski definition) is 2. The smallest absolute Gasteiger partial charge is 0.335 e. The van der Waals surface area contributed by atoms with Crippen LogP contribution >= 0.6 is 0 Å². The summed E-state index contributed by atoms with van der Waals surface area (Å²) in [5, 5.41) is 11.9. The Bertz CT molecular complexity index is 715. The van der Waals surface area contributed by atoms with Gasteiger partial charge >= 0.3 is 5.97 Å². The van der Waals surface area contributed by atoms with Crippen LogP contribution in [-0.4, -0.2) is 16.1 Å². The van der Waals surface area contributed by atoms with Gasteiger partial charge in [-0.15, -0.1) is 0 Å². The van der Waals surface area contributed by atoms with E-state index in [4.69, 9.17) is 13.9 Å². The number of hydrogen-bond acceptors (Lipinski definition) is 5. The Hall–Kier alpha value is -2.76. The number of nitrogens with zero attached hydrogens (tertiary/aromatic N) is 1. The lowest BCUT2D eigenvalue weighted by Gasteiger charge is -1.96. The van der Waals surface area contributed by atoms with Crippen molar-refractivity contribution in [2.75, 3.05) is 5.32 Å². The quantitative estimate of drug-likeness (QED) is 0.748. The van der Waals surface area contributed by atoms with Crippen LogP contribution in [0.3, 0.4) is 0 Å². The highest BCUT2D eigenvalue weighted by atomic mass is 16.4. The first kappa shape index (κ1) is 11.3. The normalized spacial score (nSPS) is 10.7. The van der Waals surface area contributed by atoms with Crippen LogP contribution in [0.5, 0.6) is 0 Å². The van der Waals surface area contributed by atoms with Gasteiger partial charge in [-0.1, -0.05) is 0 Å². The molecule has 3 rings (SSSR count). The first-order chi connectivity index (χ1) is 9.22. The van der Waals surface area contributed by atoms with Crippen LogP contribution in [0.4, 0.5) is 6.01 Å². The summed E-state index contributed by atoms with van der Waals surface area (Å²) in [6, 6.07) is 8.50. The van der Waals surface area contributed by atoms with E-state index in [0.717, 1.165) is 5.76 Å². The number of rotatable bonds is 4. The number of carboxylic acids is 1. The minimum Gasteiger partial charge on any atom is -0.478 e. The zero-order valence-electron chi connectivity index (χ0n) is 9.79. The van der Waals surface area contributed by atoms with Crippen molar-refractivity contribution in [3.05, 3.63) is 47.9 Å². The minimum absolute atomic E-state index is 0.168. The molecule has 0 amide bonds. The van der Waals surface area contributed by atoms with Crippen molar-refractivity contribution in [2.45, 2.75) is 6.54 Å². The predicted octanol–water partition coefficient (Wildman–Crippen LogP) is 2.73. The van der Waals surface area contributed by atoms with E-state index in [1.165, 1.54) is 12.1 Å². The van der Waals surface area contributed by atoms with E-state index >= 15 is 0 Å². The molecule has 3 aromatic rings. The standard InChI is InChI=1S/C13H10N2O4/c16-12(17)8-3-4-10-11(6-8)19-13(15-10)14-7-9-2-1-5-18-9/h1-6H,7H2,(H,14,15)(H,16,17). The largest absolute Gasteiger partial charge is 0.478 e. The fraction of sp³-hybridized carbons (Fsp3) is 0.0769. The third-order valence-electron chi connectivity index (χ3n) is 2.63. The molecule has 2 N–H and O–H groups in total. The summed E-state index contributed by atoms with van der Waals surface area (Å²) in [6.45, 7) is 0.450. The third-order valence-corrected chi connectivity index (χ3v) is 2.63. The van der Waals surface area contributed by atoms with E-state index < -0.39 is 5.97 Å². The predicted molar refractivity (Wildman–Crippen MR) is 67.0 cm³/mol. The number of aromatic nitrogens is 1. The molecular weight excluding hydrogens is 248 g/mol. The summed E-state index contributed by atoms with van der Waals surface area (Å²) in [6.07, 6.45) is 1.59. The summed E-state index contributed by atoms with van der Waals surface area (Å²) >= 11 is 0. The molecule has 6 nitrogen and oxygen atoms in total. The average Bonchev–Trinajstić information content (AvgIpc) is 3.04. The van der Waals surface area contributed by atoms with Crippen LogP contribution in [0, 0.1) is 0 Å². The molecule has 0 spiro atoms. The SMILES string of the molecule is O=C(O)c1ccc2nc(NCc3ccco3)oc2c1. The van der Waals surface area contributed by atoms with Crippen molar-refractivity contribution in [3.8, 4) is 0 Å². The van der Waals surface area contributed by atoms with Crippen LogP contribution in [-0.2, 0) is 6.54 Å². The fourth-order valence-corrected chi connectivity index (χ4v) is 1.71. The molecule has 19 heavy (non-hydrogen) atoms. The average molecular weight is 258 g/mol. The number of carbonyl (C=O) groups is 1. The van der Waals surface area contributed by atoms with Gasteiger partial charge < -0.3 is 19.3 Å². The lowest BCUT2D eigenvalue weighted by Crippen LogP contribution is -1.97. The Kier molecular flexibility index (Phi) is 2.68. The van der Waals surface area contributed by atoms with Crippen LogP contribution in [0.1, 0.15) is 16.1 Å². The third kappa shape index (κ3) is 2.28. The first-order valence-electron chi connectivity index (χ1n) is 5.62. The van der Waals surface area contributed by atoms with E-state index in [9.17, 15) is 4.79 Å². The highest BCUT2D eigenvalue weighted by molar-refractivity contribution is 5.92. The van der Waals surface area contributed by atoms with Crippen molar-refractivity contribution < 1.29 is 18.7 Å². The zero-order valence-corrected chi connectivity index (χ0v) is 9.79. The van der Waals surface area contributed by atoms with Gasteiger partial charge in [0.1, 0.15) is 11.3 Å². The summed E-state index contributed by atoms with van der Waals surface area (Å²) in [4.78, 5) is 15.0. The molecule has 0 radical (unpaired) electrons. The fourth-order valence-electron chi connectivity index (χ4n) is 1.71. The molecule has 0 saturated heterocycles. The van der Waals surface area contributed by atoms with E-state index in [1.54, 1.807) is 18.4 Å². The number of oxazole rings is 1. The Morgan fingerprint density at radius 2 is 2.26 bits per heavy atom. The minimum atomic E-state index is -0.997. The number of nitrogens with one attached hydrogen (secondary N) is 1. The maximum absolute atomic E-state index is 10.8. The van der Waals surface area contributed by atoms with Gasteiger partial charge in [-0.05, 0) is 30.3 Å². The second-order valence-electron chi connectivity index (χ2n) is 3.94. The topological polar surface area (TPSA) is 88.5 Å². The number of aromatic carboxylic acids is 1. The monoisotopic (exact) mass is 258 g/mol. The molecule has 0 saturated carbocycles. The Labute approximate surface area is 107 Å². The second kappa shape index (κ2) is 4.49. The maximum Gasteiger partial charge on any atom is 0.335 e. The summed E-state index contributed by atoms with van der Waals surface area (Å²) in [5.74, 6) is -0.239. The molecule has 96 valence electrons. The van der Waals surface area contributed by atoms with Gasteiger partial charge in [-0.2, -0.15) is 4.98 Å². The lowest BCUT2D eigenvalue weighted by atomic mass is 10.2. The van der Waals surface area contributed by atoms with Gasteiger partial charge in [-0.25, -0.2) is 4.79 Å². The number of fused-ring (bicyclic) bond motifs is 1. The molecule has 0 fully saturated rings. The van der Waals surface area contributed by atoms with Crippen molar-refractivity contribution in [3.63, 3.8) is 0 Å². The molecule has 2 heterocycles. The molecule has 2 aromatic heterocycles. The van der Waals surface area contributed by atoms with Crippen molar-refractivity contribution >= 4 is 23.1 Å². The van der Waals surface area contributed by atoms with E-state index in [0.29, 0.717) is 23.7 Å². The molecular formula is C13H10N2O4. The lowest BCUT2D eigenvalue weighted by molar-refractivity contribution is 0.0697. The number of furan rings is 1. The first-order valence-corrected chi connectivity index (χ1v) is 5.62. The summed E-state index contributed by atoms with van der Waals surface area (Å²) < 4.78 is 10.6. The highest BCUT2D eigenvalue weighted by Gasteiger charge is 2.09. The van der Waals surface area contributed by atoms with E-state index in [-0.39, 0.29) is 5.56 Å². The molecule has 0 aliphatic rings. The molecule has 0 unspecified atom stereocenters. The van der Waals surface area contributed by atoms with Gasteiger partial charge in [0, 0.05) is 0 Å². The maximum atomic E-state index is 10.8. The molecule has 0 bridgehead atoms. The van der Waals surface area contributed by atoms with Crippen molar-refractivity contribution in [2.24, 2.45) is 0 Å². The Morgan fingerprint density at radius 3 is 3.00 bits per heavy atom. The molecule has 0 aliphatic heterocycles. The van der Waals surface area contributed by atoms with Gasteiger partial charge in [0.2, 0.25) is 0 Å². The van der Waals surface area contributed by atoms with E-state index in [2.05, 4.69) is 10.3 Å². The summed E-state index contributed by atoms with van der Waals surface area (Å²) in [7, 11) is 0. The van der Waals surface area contributed by atoms with Crippen LogP contribution in [0.2, 0.25) is 0 Å². The van der Waals surface area contributed by atoms with Gasteiger partial charge in [0.15, 0.2) is 5.58 Å². The molecule has 6 heteroatoms. The van der Waals surface area contributed by atoms with Gasteiger partial charge in [-0.3, -0.25) is 0 Å². The van der Waals surface area contributed by atoms with Gasteiger partial charge in [0.05, 0.1) is 18.4 Å².